The van der Waals surface area contributed by atoms with E-state index in [2.05, 4.69) is 17.2 Å². The zero-order valence-electron chi connectivity index (χ0n) is 10.9. The van der Waals surface area contributed by atoms with Gasteiger partial charge in [0, 0.05) is 11.1 Å². The highest BCUT2D eigenvalue weighted by Crippen LogP contribution is 2.16. The molecule has 1 rings (SSSR count). The molecular weight excluding hydrogens is 282 g/mol. The molecule has 1 aromatic rings. The Morgan fingerprint density at radius 1 is 1.45 bits per heavy atom. The van der Waals surface area contributed by atoms with Gasteiger partial charge in [0.1, 0.15) is 13.2 Å². The van der Waals surface area contributed by atoms with Gasteiger partial charge in [0.25, 0.3) is 5.91 Å². The molecule has 1 amide bonds. The molecule has 20 heavy (non-hydrogen) atoms. The number of aliphatic hydroxyl groups excluding tert-OH is 1. The van der Waals surface area contributed by atoms with Gasteiger partial charge in [0.05, 0.1) is 11.6 Å². The van der Waals surface area contributed by atoms with E-state index in [1.807, 2.05) is 0 Å². The second-order valence-electron chi connectivity index (χ2n) is 3.64. The lowest BCUT2D eigenvalue weighted by Crippen LogP contribution is -2.30. The number of carbonyl (C=O) groups is 2. The summed E-state index contributed by atoms with van der Waals surface area (Å²) in [6.45, 7) is 1.48. The van der Waals surface area contributed by atoms with Crippen molar-refractivity contribution in [2.24, 2.45) is 0 Å². The van der Waals surface area contributed by atoms with Gasteiger partial charge in [0.2, 0.25) is 0 Å². The van der Waals surface area contributed by atoms with Crippen LogP contribution in [-0.2, 0) is 9.53 Å². The molecule has 0 aromatic heterocycles. The molecule has 0 bridgehead atoms. The fourth-order valence-electron chi connectivity index (χ4n) is 1.36. The van der Waals surface area contributed by atoms with Crippen molar-refractivity contribution in [1.82, 2.24) is 5.32 Å². The van der Waals surface area contributed by atoms with Crippen LogP contribution in [0.15, 0.2) is 18.2 Å². The normalized spacial score (nSPS) is 9.35. The predicted molar refractivity (Wildman–Crippen MR) is 74.4 cm³/mol. The number of rotatable bonds is 4. The summed E-state index contributed by atoms with van der Waals surface area (Å²) in [5.41, 5.74) is 0.830. The zero-order valence-corrected chi connectivity index (χ0v) is 11.7. The van der Waals surface area contributed by atoms with E-state index in [9.17, 15) is 9.59 Å². The number of ether oxygens (including phenoxy) is 1. The van der Waals surface area contributed by atoms with E-state index in [-0.39, 0.29) is 19.8 Å². The maximum Gasteiger partial charge on any atom is 0.325 e. The lowest BCUT2D eigenvalue weighted by atomic mass is 10.1. The molecule has 5 nitrogen and oxygen atoms in total. The lowest BCUT2D eigenvalue weighted by Gasteiger charge is -2.06. The van der Waals surface area contributed by atoms with Crippen molar-refractivity contribution in [2.45, 2.75) is 6.92 Å². The van der Waals surface area contributed by atoms with Crippen molar-refractivity contribution in [3.05, 3.63) is 34.3 Å². The molecular formula is C14H14ClNO4. The minimum Gasteiger partial charge on any atom is -0.465 e. The molecule has 2 N–H and O–H groups in total. The lowest BCUT2D eigenvalue weighted by molar-refractivity contribution is -0.141. The standard InChI is InChI=1S/C14H14ClNO4/c1-2-20-13(18)9-16-14(19)11-6-5-10(4-3-7-17)12(15)8-11/h5-6,8,17H,2,7,9H2,1H3,(H,16,19). The summed E-state index contributed by atoms with van der Waals surface area (Å²) in [5, 5.41) is 11.3. The Morgan fingerprint density at radius 3 is 2.80 bits per heavy atom. The van der Waals surface area contributed by atoms with Crippen molar-refractivity contribution < 1.29 is 19.4 Å². The van der Waals surface area contributed by atoms with Crippen molar-refractivity contribution in [3.8, 4) is 11.8 Å². The molecule has 0 spiro atoms. The number of aliphatic hydroxyl groups is 1. The van der Waals surface area contributed by atoms with Crippen molar-refractivity contribution >= 4 is 23.5 Å². The fourth-order valence-corrected chi connectivity index (χ4v) is 1.59. The van der Waals surface area contributed by atoms with E-state index in [4.69, 9.17) is 21.4 Å². The first kappa shape index (κ1) is 16.0. The topological polar surface area (TPSA) is 75.6 Å². The van der Waals surface area contributed by atoms with Crippen molar-refractivity contribution in [3.63, 3.8) is 0 Å². The summed E-state index contributed by atoms with van der Waals surface area (Å²) < 4.78 is 4.69. The van der Waals surface area contributed by atoms with Crippen LogP contribution in [0.25, 0.3) is 0 Å². The Hall–Kier alpha value is -2.03. The minimum atomic E-state index is -0.502. The number of amides is 1. The predicted octanol–water partition coefficient (Wildman–Crippen LogP) is 0.977. The van der Waals surface area contributed by atoms with Gasteiger partial charge in [-0.15, -0.1) is 0 Å². The van der Waals surface area contributed by atoms with Crippen LogP contribution < -0.4 is 5.32 Å². The van der Waals surface area contributed by atoms with E-state index in [1.54, 1.807) is 13.0 Å². The number of esters is 1. The number of halogens is 1. The van der Waals surface area contributed by atoms with E-state index < -0.39 is 11.9 Å². The summed E-state index contributed by atoms with van der Waals surface area (Å²) in [6.07, 6.45) is 0. The van der Waals surface area contributed by atoms with Crippen LogP contribution in [0.2, 0.25) is 5.02 Å². The second-order valence-corrected chi connectivity index (χ2v) is 4.05. The van der Waals surface area contributed by atoms with Gasteiger partial charge in [0.15, 0.2) is 0 Å². The molecule has 0 aliphatic rings. The molecule has 1 aromatic carbocycles. The smallest absolute Gasteiger partial charge is 0.325 e. The Kier molecular flexibility index (Phi) is 6.57. The monoisotopic (exact) mass is 295 g/mol. The fraction of sp³-hybridized carbons (Fsp3) is 0.286. The number of benzene rings is 1. The first-order valence-corrected chi connectivity index (χ1v) is 6.29. The molecule has 106 valence electrons. The van der Waals surface area contributed by atoms with E-state index in [0.29, 0.717) is 16.1 Å². The third kappa shape index (κ3) is 4.92. The van der Waals surface area contributed by atoms with Gasteiger partial charge in [-0.25, -0.2) is 0 Å². The third-order valence-electron chi connectivity index (χ3n) is 2.23. The quantitative estimate of drug-likeness (QED) is 0.641. The summed E-state index contributed by atoms with van der Waals surface area (Å²) >= 11 is 5.97. The molecule has 0 fully saturated rings. The van der Waals surface area contributed by atoms with Crippen LogP contribution in [0, 0.1) is 11.8 Å². The average molecular weight is 296 g/mol. The molecule has 0 saturated heterocycles. The van der Waals surface area contributed by atoms with Gasteiger partial charge in [-0.2, -0.15) is 0 Å². The number of carbonyl (C=O) groups excluding carboxylic acids is 2. The van der Waals surface area contributed by atoms with Crippen LogP contribution in [0.5, 0.6) is 0 Å². The van der Waals surface area contributed by atoms with Gasteiger partial charge in [-0.1, -0.05) is 23.4 Å². The molecule has 0 radical (unpaired) electrons. The maximum atomic E-state index is 11.8. The Morgan fingerprint density at radius 2 is 2.20 bits per heavy atom. The largest absolute Gasteiger partial charge is 0.465 e. The van der Waals surface area contributed by atoms with Gasteiger partial charge in [-0.05, 0) is 25.1 Å². The molecule has 0 saturated carbocycles. The van der Waals surface area contributed by atoms with Crippen molar-refractivity contribution in [1.29, 1.82) is 0 Å². The van der Waals surface area contributed by atoms with Crippen LogP contribution in [0.1, 0.15) is 22.8 Å². The zero-order chi connectivity index (χ0) is 15.0. The number of nitrogens with one attached hydrogen (secondary N) is 1. The van der Waals surface area contributed by atoms with Crippen LogP contribution in [0.3, 0.4) is 0 Å². The first-order valence-electron chi connectivity index (χ1n) is 5.91. The highest BCUT2D eigenvalue weighted by atomic mass is 35.5. The van der Waals surface area contributed by atoms with Crippen molar-refractivity contribution in [2.75, 3.05) is 19.8 Å². The Bertz CT molecular complexity index is 560. The van der Waals surface area contributed by atoms with Gasteiger partial charge in [-0.3, -0.25) is 9.59 Å². The van der Waals surface area contributed by atoms with Gasteiger partial charge < -0.3 is 15.2 Å². The molecule has 0 aliphatic heterocycles. The van der Waals surface area contributed by atoms with Crippen LogP contribution >= 0.6 is 11.6 Å². The summed E-state index contributed by atoms with van der Waals surface area (Å²) in [5.74, 6) is 4.19. The van der Waals surface area contributed by atoms with Crippen LogP contribution in [0.4, 0.5) is 0 Å². The maximum absolute atomic E-state index is 11.8. The molecule has 6 heteroatoms. The summed E-state index contributed by atoms with van der Waals surface area (Å²) in [6, 6.07) is 4.56. The Labute approximate surface area is 121 Å². The minimum absolute atomic E-state index is 0.198. The summed E-state index contributed by atoms with van der Waals surface area (Å²) in [4.78, 5) is 22.9. The highest BCUT2D eigenvalue weighted by Gasteiger charge is 2.10. The number of hydrogen-bond donors (Lipinski definition) is 2. The molecule has 0 heterocycles. The number of hydrogen-bond acceptors (Lipinski definition) is 4. The Balaban J connectivity index is 2.70. The van der Waals surface area contributed by atoms with Gasteiger partial charge >= 0.3 is 5.97 Å². The third-order valence-corrected chi connectivity index (χ3v) is 2.54. The van der Waals surface area contributed by atoms with E-state index in [0.717, 1.165) is 0 Å². The van der Waals surface area contributed by atoms with Crippen LogP contribution in [-0.4, -0.2) is 36.7 Å². The average Bonchev–Trinajstić information content (AvgIpc) is 2.43. The molecule has 0 aliphatic carbocycles. The van der Waals surface area contributed by atoms with E-state index in [1.165, 1.54) is 12.1 Å². The highest BCUT2D eigenvalue weighted by molar-refractivity contribution is 6.32. The van der Waals surface area contributed by atoms with E-state index >= 15 is 0 Å². The summed E-state index contributed by atoms with van der Waals surface area (Å²) in [7, 11) is 0. The SMILES string of the molecule is CCOC(=O)CNC(=O)c1ccc(C#CCO)c(Cl)c1. The second kappa shape index (κ2) is 8.20. The molecule has 0 atom stereocenters. The molecule has 0 unspecified atom stereocenters. The first-order chi connectivity index (χ1) is 9.58.